The largest absolute Gasteiger partial charge is 0.375 e. The predicted molar refractivity (Wildman–Crippen MR) is 49.0 cm³/mol. The molecule has 2 atom stereocenters. The third-order valence-corrected chi connectivity index (χ3v) is 3.11. The molecule has 0 unspecified atom stereocenters. The summed E-state index contributed by atoms with van der Waals surface area (Å²) in [4.78, 5) is 0. The highest BCUT2D eigenvalue weighted by Crippen LogP contribution is 2.27. The Labute approximate surface area is 74.5 Å². The first-order valence-corrected chi connectivity index (χ1v) is 5.25. The molecule has 70 valence electrons. The Morgan fingerprint density at radius 1 is 0.917 bits per heavy atom. The van der Waals surface area contributed by atoms with Gasteiger partial charge in [0, 0.05) is 6.04 Å². The zero-order chi connectivity index (χ0) is 8.39. The fourth-order valence-corrected chi connectivity index (χ4v) is 2.39. The second kappa shape index (κ2) is 3.75. The molecule has 2 heteroatoms. The Morgan fingerprint density at radius 2 is 1.67 bits per heavy atom. The Balaban J connectivity index is 1.72. The lowest BCUT2D eigenvalue weighted by molar-refractivity contribution is -0.00415. The maximum absolute atomic E-state index is 5.96. The molecule has 12 heavy (non-hydrogen) atoms. The molecule has 0 amide bonds. The molecule has 0 radical (unpaired) electrons. The zero-order valence-corrected chi connectivity index (χ0v) is 7.67. The van der Waals surface area contributed by atoms with Crippen LogP contribution in [-0.4, -0.2) is 18.2 Å². The monoisotopic (exact) mass is 169 g/mol. The van der Waals surface area contributed by atoms with Crippen molar-refractivity contribution in [1.29, 1.82) is 0 Å². The van der Waals surface area contributed by atoms with Crippen LogP contribution in [-0.2, 0) is 4.74 Å². The maximum atomic E-state index is 5.96. The summed E-state index contributed by atoms with van der Waals surface area (Å²) in [5, 5.41) is 0. The van der Waals surface area contributed by atoms with Crippen molar-refractivity contribution in [1.82, 2.24) is 0 Å². The molecular formula is C10H19NO. The van der Waals surface area contributed by atoms with Crippen LogP contribution >= 0.6 is 0 Å². The minimum absolute atomic E-state index is 0.413. The van der Waals surface area contributed by atoms with Crippen molar-refractivity contribution in [2.24, 2.45) is 5.73 Å². The fraction of sp³-hybridized carbons (Fsp3) is 1.00. The first-order valence-electron chi connectivity index (χ1n) is 5.25. The van der Waals surface area contributed by atoms with Gasteiger partial charge in [0.25, 0.3) is 0 Å². The molecule has 0 bridgehead atoms. The minimum atomic E-state index is 0.413. The lowest BCUT2D eigenvalue weighted by Gasteiger charge is -2.17. The molecule has 2 N–H and O–H groups in total. The van der Waals surface area contributed by atoms with Gasteiger partial charge in [0.15, 0.2) is 0 Å². The first kappa shape index (κ1) is 8.52. The minimum Gasteiger partial charge on any atom is -0.375 e. The van der Waals surface area contributed by atoms with E-state index in [4.69, 9.17) is 10.5 Å². The van der Waals surface area contributed by atoms with E-state index in [2.05, 4.69) is 0 Å². The first-order chi connectivity index (χ1) is 5.84. The standard InChI is InChI=1S/C10H19NO/c11-8-5-6-10(7-8)12-9-3-1-2-4-9/h8-10H,1-7,11H2/t8-,10+/m0/s1. The van der Waals surface area contributed by atoms with Gasteiger partial charge in [-0.1, -0.05) is 12.8 Å². The predicted octanol–water partition coefficient (Wildman–Crippen LogP) is 1.83. The van der Waals surface area contributed by atoms with E-state index in [0.717, 1.165) is 12.8 Å². The molecule has 2 saturated carbocycles. The van der Waals surface area contributed by atoms with Crippen LogP contribution in [0.3, 0.4) is 0 Å². The van der Waals surface area contributed by atoms with Crippen LogP contribution in [0.15, 0.2) is 0 Å². The van der Waals surface area contributed by atoms with Crippen molar-refractivity contribution in [2.75, 3.05) is 0 Å². The van der Waals surface area contributed by atoms with Gasteiger partial charge in [-0.05, 0) is 32.1 Å². The van der Waals surface area contributed by atoms with Crippen LogP contribution in [0.4, 0.5) is 0 Å². The highest BCUT2D eigenvalue weighted by Gasteiger charge is 2.26. The molecule has 2 fully saturated rings. The Kier molecular flexibility index (Phi) is 2.66. The molecule has 2 aliphatic rings. The number of hydrogen-bond acceptors (Lipinski definition) is 2. The third kappa shape index (κ3) is 1.99. The van der Waals surface area contributed by atoms with Crippen molar-refractivity contribution in [3.05, 3.63) is 0 Å². The van der Waals surface area contributed by atoms with E-state index in [1.54, 1.807) is 0 Å². The summed E-state index contributed by atoms with van der Waals surface area (Å²) in [5.74, 6) is 0. The van der Waals surface area contributed by atoms with E-state index in [0.29, 0.717) is 18.2 Å². The Hall–Kier alpha value is -0.0800. The highest BCUT2D eigenvalue weighted by atomic mass is 16.5. The summed E-state index contributed by atoms with van der Waals surface area (Å²) in [6, 6.07) is 0.413. The van der Waals surface area contributed by atoms with Gasteiger partial charge in [-0.3, -0.25) is 0 Å². The number of rotatable bonds is 2. The van der Waals surface area contributed by atoms with Crippen molar-refractivity contribution in [3.8, 4) is 0 Å². The van der Waals surface area contributed by atoms with E-state index >= 15 is 0 Å². The van der Waals surface area contributed by atoms with Gasteiger partial charge >= 0.3 is 0 Å². The molecule has 2 nitrogen and oxygen atoms in total. The van der Waals surface area contributed by atoms with Gasteiger partial charge in [0.2, 0.25) is 0 Å². The lowest BCUT2D eigenvalue weighted by atomic mass is 10.2. The van der Waals surface area contributed by atoms with Crippen LogP contribution in [0.1, 0.15) is 44.9 Å². The molecule has 0 aromatic heterocycles. The second-order valence-electron chi connectivity index (χ2n) is 4.24. The summed E-state index contributed by atoms with van der Waals surface area (Å²) in [6.07, 6.45) is 9.80. The van der Waals surface area contributed by atoms with E-state index in [-0.39, 0.29) is 0 Å². The van der Waals surface area contributed by atoms with Gasteiger partial charge in [-0.2, -0.15) is 0 Å². The van der Waals surface area contributed by atoms with Crippen molar-refractivity contribution >= 4 is 0 Å². The summed E-state index contributed by atoms with van der Waals surface area (Å²) in [6.45, 7) is 0. The van der Waals surface area contributed by atoms with Crippen molar-refractivity contribution < 1.29 is 4.74 Å². The summed E-state index contributed by atoms with van der Waals surface area (Å²) in [5.41, 5.74) is 5.82. The molecule has 2 rings (SSSR count). The summed E-state index contributed by atoms with van der Waals surface area (Å²) >= 11 is 0. The molecular weight excluding hydrogens is 150 g/mol. The smallest absolute Gasteiger partial charge is 0.0594 e. The van der Waals surface area contributed by atoms with E-state index in [1.165, 1.54) is 32.1 Å². The van der Waals surface area contributed by atoms with Crippen molar-refractivity contribution in [2.45, 2.75) is 63.2 Å². The van der Waals surface area contributed by atoms with Gasteiger partial charge < -0.3 is 10.5 Å². The number of hydrogen-bond donors (Lipinski definition) is 1. The third-order valence-electron chi connectivity index (χ3n) is 3.11. The summed E-state index contributed by atoms with van der Waals surface area (Å²) in [7, 11) is 0. The average molecular weight is 169 g/mol. The molecule has 2 aliphatic carbocycles. The average Bonchev–Trinajstić information content (AvgIpc) is 2.63. The van der Waals surface area contributed by atoms with Crippen LogP contribution in [0.2, 0.25) is 0 Å². The number of ether oxygens (including phenoxy) is 1. The fourth-order valence-electron chi connectivity index (χ4n) is 2.39. The van der Waals surface area contributed by atoms with Gasteiger partial charge in [0.1, 0.15) is 0 Å². The van der Waals surface area contributed by atoms with E-state index in [9.17, 15) is 0 Å². The molecule has 0 heterocycles. The zero-order valence-electron chi connectivity index (χ0n) is 7.67. The van der Waals surface area contributed by atoms with Gasteiger partial charge in [0.05, 0.1) is 12.2 Å². The van der Waals surface area contributed by atoms with Crippen LogP contribution in [0, 0.1) is 0 Å². The maximum Gasteiger partial charge on any atom is 0.0594 e. The molecule has 0 aromatic carbocycles. The second-order valence-corrected chi connectivity index (χ2v) is 4.24. The van der Waals surface area contributed by atoms with E-state index < -0.39 is 0 Å². The van der Waals surface area contributed by atoms with Gasteiger partial charge in [-0.15, -0.1) is 0 Å². The summed E-state index contributed by atoms with van der Waals surface area (Å²) < 4.78 is 5.96. The highest BCUT2D eigenvalue weighted by molar-refractivity contribution is 4.80. The molecule has 0 aliphatic heterocycles. The molecule has 0 spiro atoms. The molecule has 0 aromatic rings. The van der Waals surface area contributed by atoms with Crippen LogP contribution in [0.25, 0.3) is 0 Å². The van der Waals surface area contributed by atoms with Crippen LogP contribution in [0.5, 0.6) is 0 Å². The topological polar surface area (TPSA) is 35.2 Å². The normalized spacial score (nSPS) is 37.8. The van der Waals surface area contributed by atoms with Crippen LogP contribution < -0.4 is 5.73 Å². The quantitative estimate of drug-likeness (QED) is 0.684. The SMILES string of the molecule is N[C@H]1CC[C@@H](OC2CCCC2)C1. The van der Waals surface area contributed by atoms with Crippen molar-refractivity contribution in [3.63, 3.8) is 0 Å². The van der Waals surface area contributed by atoms with Gasteiger partial charge in [-0.25, -0.2) is 0 Å². The lowest BCUT2D eigenvalue weighted by Crippen LogP contribution is -2.20. The van der Waals surface area contributed by atoms with E-state index in [1.807, 2.05) is 0 Å². The Bertz CT molecular complexity index is 143. The molecule has 0 saturated heterocycles. The number of nitrogens with two attached hydrogens (primary N) is 1. The Morgan fingerprint density at radius 3 is 2.25 bits per heavy atom.